The minimum absolute atomic E-state index is 0.143. The molecule has 18 heavy (non-hydrogen) atoms. The molecule has 104 valence electrons. The highest BCUT2D eigenvalue weighted by molar-refractivity contribution is 5.70. The van der Waals surface area contributed by atoms with Crippen molar-refractivity contribution in [1.82, 2.24) is 9.80 Å². The highest BCUT2D eigenvalue weighted by Gasteiger charge is 2.33. The van der Waals surface area contributed by atoms with Crippen molar-refractivity contribution < 1.29 is 9.90 Å². The maximum absolute atomic E-state index is 11.5. The van der Waals surface area contributed by atoms with Gasteiger partial charge in [-0.1, -0.05) is 19.3 Å². The Labute approximate surface area is 110 Å². The number of aliphatic carboxylic acids is 1. The summed E-state index contributed by atoms with van der Waals surface area (Å²) in [5, 5.41) is 9.45. The Hall–Kier alpha value is -0.610. The SMILES string of the molecule is CN1CCCN(C2CCCCCC2C(=O)O)CC1. The molecule has 0 bridgehead atoms. The van der Waals surface area contributed by atoms with E-state index in [1.807, 2.05) is 0 Å². The minimum Gasteiger partial charge on any atom is -0.481 e. The summed E-state index contributed by atoms with van der Waals surface area (Å²) < 4.78 is 0. The second kappa shape index (κ2) is 6.53. The average molecular weight is 254 g/mol. The maximum Gasteiger partial charge on any atom is 0.308 e. The molecular formula is C14H26N2O2. The lowest BCUT2D eigenvalue weighted by Crippen LogP contribution is -2.44. The lowest BCUT2D eigenvalue weighted by Gasteiger charge is -2.33. The van der Waals surface area contributed by atoms with E-state index in [9.17, 15) is 9.90 Å². The number of likely N-dealkylation sites (N-methyl/N-ethyl adjacent to an activating group) is 1. The van der Waals surface area contributed by atoms with Crippen LogP contribution in [-0.2, 0) is 4.79 Å². The Bertz CT molecular complexity index is 283. The molecule has 4 heteroatoms. The lowest BCUT2D eigenvalue weighted by molar-refractivity contribution is -0.144. The van der Waals surface area contributed by atoms with Gasteiger partial charge in [-0.3, -0.25) is 9.69 Å². The Morgan fingerprint density at radius 1 is 1.00 bits per heavy atom. The molecule has 1 saturated heterocycles. The fraction of sp³-hybridized carbons (Fsp3) is 0.929. The third-order valence-corrected chi connectivity index (χ3v) is 4.52. The van der Waals surface area contributed by atoms with Gasteiger partial charge in [0.1, 0.15) is 0 Å². The number of nitrogens with zero attached hydrogens (tertiary/aromatic N) is 2. The molecule has 1 saturated carbocycles. The molecule has 2 aliphatic rings. The van der Waals surface area contributed by atoms with Gasteiger partial charge >= 0.3 is 5.97 Å². The summed E-state index contributed by atoms with van der Waals surface area (Å²) in [6, 6.07) is 0.275. The molecule has 2 rings (SSSR count). The van der Waals surface area contributed by atoms with Crippen LogP contribution in [0.1, 0.15) is 38.5 Å². The highest BCUT2D eigenvalue weighted by atomic mass is 16.4. The summed E-state index contributed by atoms with van der Waals surface area (Å²) in [6.45, 7) is 4.31. The zero-order valence-corrected chi connectivity index (χ0v) is 11.5. The van der Waals surface area contributed by atoms with E-state index in [-0.39, 0.29) is 12.0 Å². The van der Waals surface area contributed by atoms with E-state index in [1.54, 1.807) is 0 Å². The van der Waals surface area contributed by atoms with Gasteiger partial charge in [0.2, 0.25) is 0 Å². The molecule has 1 N–H and O–H groups in total. The molecule has 1 heterocycles. The van der Waals surface area contributed by atoms with Gasteiger partial charge in [-0.15, -0.1) is 0 Å². The number of carboxylic acid groups (broad SMARTS) is 1. The van der Waals surface area contributed by atoms with Gasteiger partial charge in [0.15, 0.2) is 0 Å². The number of carboxylic acids is 1. The summed E-state index contributed by atoms with van der Waals surface area (Å²) in [4.78, 5) is 16.3. The molecule has 0 aromatic carbocycles. The molecule has 0 aromatic heterocycles. The highest BCUT2D eigenvalue weighted by Crippen LogP contribution is 2.28. The van der Waals surface area contributed by atoms with Crippen LogP contribution in [0.5, 0.6) is 0 Å². The molecule has 4 nitrogen and oxygen atoms in total. The van der Waals surface area contributed by atoms with Gasteiger partial charge in [0, 0.05) is 19.1 Å². The third-order valence-electron chi connectivity index (χ3n) is 4.52. The topological polar surface area (TPSA) is 43.8 Å². The van der Waals surface area contributed by atoms with Crippen molar-refractivity contribution in [2.45, 2.75) is 44.6 Å². The van der Waals surface area contributed by atoms with Crippen LogP contribution >= 0.6 is 0 Å². The molecule has 2 atom stereocenters. The second-order valence-corrected chi connectivity index (χ2v) is 5.84. The first kappa shape index (κ1) is 13.8. The molecule has 2 fully saturated rings. The van der Waals surface area contributed by atoms with Crippen molar-refractivity contribution in [2.75, 3.05) is 33.2 Å². The smallest absolute Gasteiger partial charge is 0.308 e. The molecule has 1 aliphatic carbocycles. The zero-order chi connectivity index (χ0) is 13.0. The summed E-state index contributed by atoms with van der Waals surface area (Å²) in [6.07, 6.45) is 6.59. The minimum atomic E-state index is -0.584. The Morgan fingerprint density at radius 3 is 2.56 bits per heavy atom. The summed E-state index contributed by atoms with van der Waals surface area (Å²) >= 11 is 0. The van der Waals surface area contributed by atoms with Gasteiger partial charge in [0.05, 0.1) is 5.92 Å². The monoisotopic (exact) mass is 254 g/mol. The standard InChI is InChI=1S/C14H26N2O2/c1-15-8-5-9-16(11-10-15)13-7-4-2-3-6-12(13)14(17)18/h12-13H,2-11H2,1H3,(H,17,18). The number of rotatable bonds is 2. The third kappa shape index (κ3) is 3.45. The molecule has 0 amide bonds. The summed E-state index contributed by atoms with van der Waals surface area (Å²) in [5.74, 6) is -0.726. The van der Waals surface area contributed by atoms with Crippen molar-refractivity contribution in [2.24, 2.45) is 5.92 Å². The number of hydrogen-bond donors (Lipinski definition) is 1. The number of carbonyl (C=O) groups is 1. The Morgan fingerprint density at radius 2 is 1.78 bits per heavy atom. The van der Waals surface area contributed by atoms with Gasteiger partial charge < -0.3 is 10.0 Å². The van der Waals surface area contributed by atoms with Crippen molar-refractivity contribution >= 4 is 5.97 Å². The van der Waals surface area contributed by atoms with Gasteiger partial charge in [-0.2, -0.15) is 0 Å². The fourth-order valence-corrected chi connectivity index (χ4v) is 3.41. The second-order valence-electron chi connectivity index (χ2n) is 5.84. The summed E-state index contributed by atoms with van der Waals surface area (Å²) in [7, 11) is 2.16. The molecular weight excluding hydrogens is 228 g/mol. The normalized spacial score (nSPS) is 32.7. The molecule has 2 unspecified atom stereocenters. The first-order valence-corrected chi connectivity index (χ1v) is 7.34. The van der Waals surface area contributed by atoms with Crippen molar-refractivity contribution in [3.63, 3.8) is 0 Å². The first-order chi connectivity index (χ1) is 8.68. The van der Waals surface area contributed by atoms with Crippen molar-refractivity contribution in [3.05, 3.63) is 0 Å². The predicted molar refractivity (Wildman–Crippen MR) is 71.7 cm³/mol. The van der Waals surface area contributed by atoms with E-state index in [4.69, 9.17) is 0 Å². The fourth-order valence-electron chi connectivity index (χ4n) is 3.41. The molecule has 0 spiro atoms. The number of hydrogen-bond acceptors (Lipinski definition) is 3. The van der Waals surface area contributed by atoms with Crippen LogP contribution in [-0.4, -0.2) is 60.1 Å². The van der Waals surface area contributed by atoms with E-state index in [2.05, 4.69) is 16.8 Å². The van der Waals surface area contributed by atoms with Crippen LogP contribution in [0.2, 0.25) is 0 Å². The Kier molecular flexibility index (Phi) is 5.01. The van der Waals surface area contributed by atoms with Crippen LogP contribution < -0.4 is 0 Å². The largest absolute Gasteiger partial charge is 0.481 e. The van der Waals surface area contributed by atoms with Crippen LogP contribution in [0, 0.1) is 5.92 Å². The van der Waals surface area contributed by atoms with Crippen LogP contribution in [0.3, 0.4) is 0 Å². The van der Waals surface area contributed by atoms with Crippen molar-refractivity contribution in [3.8, 4) is 0 Å². The van der Waals surface area contributed by atoms with Crippen molar-refractivity contribution in [1.29, 1.82) is 0 Å². The van der Waals surface area contributed by atoms with E-state index in [0.29, 0.717) is 0 Å². The van der Waals surface area contributed by atoms with E-state index in [1.165, 1.54) is 19.3 Å². The van der Waals surface area contributed by atoms with Crippen LogP contribution in [0.4, 0.5) is 0 Å². The van der Waals surface area contributed by atoms with Crippen LogP contribution in [0.25, 0.3) is 0 Å². The van der Waals surface area contributed by atoms with E-state index in [0.717, 1.165) is 45.4 Å². The maximum atomic E-state index is 11.5. The lowest BCUT2D eigenvalue weighted by atomic mass is 9.93. The predicted octanol–water partition coefficient (Wildman–Crippen LogP) is 1.66. The first-order valence-electron chi connectivity index (χ1n) is 7.34. The summed E-state index contributed by atoms with van der Waals surface area (Å²) in [5.41, 5.74) is 0. The Balaban J connectivity index is 2.04. The van der Waals surface area contributed by atoms with Gasteiger partial charge in [-0.05, 0) is 39.4 Å². The van der Waals surface area contributed by atoms with Gasteiger partial charge in [-0.25, -0.2) is 0 Å². The molecule has 0 radical (unpaired) electrons. The zero-order valence-electron chi connectivity index (χ0n) is 11.5. The van der Waals surface area contributed by atoms with E-state index < -0.39 is 5.97 Å². The molecule has 1 aliphatic heterocycles. The van der Waals surface area contributed by atoms with Crippen LogP contribution in [0.15, 0.2) is 0 Å². The van der Waals surface area contributed by atoms with E-state index >= 15 is 0 Å². The van der Waals surface area contributed by atoms with Gasteiger partial charge in [0.25, 0.3) is 0 Å². The quantitative estimate of drug-likeness (QED) is 0.761. The molecule has 0 aromatic rings. The average Bonchev–Trinajstić information content (AvgIpc) is 2.68.